The first kappa shape index (κ1) is 11.2. The number of carbonyl (C=O) groups is 1. The molecule has 0 radical (unpaired) electrons. The topological polar surface area (TPSA) is 46.5 Å². The van der Waals surface area contributed by atoms with E-state index in [0.29, 0.717) is 12.7 Å². The van der Waals surface area contributed by atoms with Gasteiger partial charge in [0.25, 0.3) is 0 Å². The zero-order valence-corrected chi connectivity index (χ0v) is 8.66. The fourth-order valence-corrected chi connectivity index (χ4v) is 1.73. The van der Waals surface area contributed by atoms with Gasteiger partial charge in [-0.25, -0.2) is 4.79 Å². The Labute approximate surface area is 84.8 Å². The minimum Gasteiger partial charge on any atom is -0.478 e. The zero-order valence-electron chi connectivity index (χ0n) is 8.66. The molecule has 3 heteroatoms. The van der Waals surface area contributed by atoms with Crippen molar-refractivity contribution in [1.29, 1.82) is 0 Å². The molecule has 0 aliphatic heterocycles. The molecule has 0 aromatic heterocycles. The van der Waals surface area contributed by atoms with E-state index in [4.69, 9.17) is 9.84 Å². The highest BCUT2D eigenvalue weighted by molar-refractivity contribution is 5.80. The third kappa shape index (κ3) is 4.42. The number of carboxylic acid groups (broad SMARTS) is 1. The monoisotopic (exact) mass is 198 g/mol. The van der Waals surface area contributed by atoms with Crippen molar-refractivity contribution in [2.24, 2.45) is 0 Å². The van der Waals surface area contributed by atoms with Gasteiger partial charge in [0.2, 0.25) is 0 Å². The largest absolute Gasteiger partial charge is 0.478 e. The summed E-state index contributed by atoms with van der Waals surface area (Å²) in [6.45, 7) is 2.24. The highest BCUT2D eigenvalue weighted by atomic mass is 16.5. The van der Waals surface area contributed by atoms with E-state index < -0.39 is 5.97 Å². The number of carboxylic acids is 1. The van der Waals surface area contributed by atoms with E-state index >= 15 is 0 Å². The molecule has 14 heavy (non-hydrogen) atoms. The van der Waals surface area contributed by atoms with E-state index in [-0.39, 0.29) is 0 Å². The third-order valence-electron chi connectivity index (χ3n) is 2.47. The highest BCUT2D eigenvalue weighted by Crippen LogP contribution is 2.20. The Bertz CT molecular complexity index is 215. The average molecular weight is 198 g/mol. The van der Waals surface area contributed by atoms with Crippen LogP contribution in [0.1, 0.15) is 39.0 Å². The first-order valence-electron chi connectivity index (χ1n) is 5.20. The second kappa shape index (κ2) is 5.81. The summed E-state index contributed by atoms with van der Waals surface area (Å²) in [5, 5.41) is 8.49. The number of ether oxygens (including phenoxy) is 1. The van der Waals surface area contributed by atoms with E-state index in [1.165, 1.54) is 25.3 Å². The Morgan fingerprint density at radius 1 is 1.43 bits per heavy atom. The minimum atomic E-state index is -0.894. The molecule has 0 unspecified atom stereocenters. The van der Waals surface area contributed by atoms with E-state index in [1.807, 2.05) is 0 Å². The summed E-state index contributed by atoms with van der Waals surface area (Å²) >= 11 is 0. The quantitative estimate of drug-likeness (QED) is 0.705. The summed E-state index contributed by atoms with van der Waals surface area (Å²) in [5.74, 6) is -0.894. The SMILES string of the molecule is CC(=CC(=O)O)COC1CCCCC1. The highest BCUT2D eigenvalue weighted by Gasteiger charge is 2.13. The molecule has 0 atom stereocenters. The Morgan fingerprint density at radius 2 is 2.07 bits per heavy atom. The normalized spacial score (nSPS) is 19.6. The van der Waals surface area contributed by atoms with Gasteiger partial charge in [0.05, 0.1) is 12.7 Å². The Morgan fingerprint density at radius 3 is 2.64 bits per heavy atom. The van der Waals surface area contributed by atoms with Gasteiger partial charge in [-0.2, -0.15) is 0 Å². The fraction of sp³-hybridized carbons (Fsp3) is 0.727. The fourth-order valence-electron chi connectivity index (χ4n) is 1.73. The van der Waals surface area contributed by atoms with Gasteiger partial charge in [0.1, 0.15) is 0 Å². The Hall–Kier alpha value is -0.830. The molecule has 80 valence electrons. The molecule has 1 fully saturated rings. The molecule has 1 N–H and O–H groups in total. The standard InChI is InChI=1S/C11H18O3/c1-9(7-11(12)13)8-14-10-5-3-2-4-6-10/h7,10H,2-6,8H2,1H3,(H,12,13). The summed E-state index contributed by atoms with van der Waals surface area (Å²) in [5.41, 5.74) is 0.781. The second-order valence-corrected chi connectivity index (χ2v) is 3.90. The van der Waals surface area contributed by atoms with Crippen LogP contribution < -0.4 is 0 Å². The van der Waals surface area contributed by atoms with Crippen LogP contribution in [-0.4, -0.2) is 23.8 Å². The predicted molar refractivity (Wildman–Crippen MR) is 54.2 cm³/mol. The van der Waals surface area contributed by atoms with Crippen molar-refractivity contribution in [1.82, 2.24) is 0 Å². The van der Waals surface area contributed by atoms with Crippen molar-refractivity contribution < 1.29 is 14.6 Å². The lowest BCUT2D eigenvalue weighted by molar-refractivity contribution is -0.131. The van der Waals surface area contributed by atoms with E-state index in [2.05, 4.69) is 0 Å². The molecule has 0 spiro atoms. The van der Waals surface area contributed by atoms with Gasteiger partial charge in [-0.3, -0.25) is 0 Å². The van der Waals surface area contributed by atoms with Crippen molar-refractivity contribution in [2.75, 3.05) is 6.61 Å². The maximum Gasteiger partial charge on any atom is 0.328 e. The van der Waals surface area contributed by atoms with Crippen molar-refractivity contribution in [3.63, 3.8) is 0 Å². The maximum atomic E-state index is 10.3. The maximum absolute atomic E-state index is 10.3. The van der Waals surface area contributed by atoms with Crippen LogP contribution in [0.2, 0.25) is 0 Å². The van der Waals surface area contributed by atoms with Crippen LogP contribution in [0.5, 0.6) is 0 Å². The van der Waals surface area contributed by atoms with Crippen LogP contribution in [0.3, 0.4) is 0 Å². The molecule has 0 heterocycles. The van der Waals surface area contributed by atoms with Crippen LogP contribution in [-0.2, 0) is 9.53 Å². The van der Waals surface area contributed by atoms with Gasteiger partial charge in [0, 0.05) is 6.08 Å². The minimum absolute atomic E-state index is 0.348. The molecule has 0 bridgehead atoms. The van der Waals surface area contributed by atoms with Gasteiger partial charge < -0.3 is 9.84 Å². The molecule has 0 aromatic carbocycles. The number of hydrogen-bond acceptors (Lipinski definition) is 2. The Balaban J connectivity index is 2.21. The summed E-state index contributed by atoms with van der Waals surface area (Å²) in [7, 11) is 0. The predicted octanol–water partition coefficient (Wildman–Crippen LogP) is 2.37. The van der Waals surface area contributed by atoms with Crippen molar-refractivity contribution in [2.45, 2.75) is 45.1 Å². The summed E-state index contributed by atoms with van der Waals surface area (Å²) in [6.07, 6.45) is 7.60. The molecular weight excluding hydrogens is 180 g/mol. The lowest BCUT2D eigenvalue weighted by Gasteiger charge is -2.21. The van der Waals surface area contributed by atoms with Gasteiger partial charge in [0.15, 0.2) is 0 Å². The van der Waals surface area contributed by atoms with E-state index in [0.717, 1.165) is 18.4 Å². The molecular formula is C11H18O3. The van der Waals surface area contributed by atoms with Crippen LogP contribution in [0.25, 0.3) is 0 Å². The van der Waals surface area contributed by atoms with E-state index in [9.17, 15) is 4.79 Å². The van der Waals surface area contributed by atoms with Gasteiger partial charge >= 0.3 is 5.97 Å². The molecule has 0 aromatic rings. The average Bonchev–Trinajstić information content (AvgIpc) is 2.15. The van der Waals surface area contributed by atoms with Crippen LogP contribution in [0.4, 0.5) is 0 Å². The summed E-state index contributed by atoms with van der Waals surface area (Å²) in [6, 6.07) is 0. The van der Waals surface area contributed by atoms with Crippen LogP contribution in [0, 0.1) is 0 Å². The van der Waals surface area contributed by atoms with Crippen LogP contribution >= 0.6 is 0 Å². The molecule has 3 nitrogen and oxygen atoms in total. The van der Waals surface area contributed by atoms with Crippen molar-refractivity contribution >= 4 is 5.97 Å². The second-order valence-electron chi connectivity index (χ2n) is 3.90. The first-order valence-corrected chi connectivity index (χ1v) is 5.20. The molecule has 1 aliphatic rings. The molecule has 1 aliphatic carbocycles. The van der Waals surface area contributed by atoms with Gasteiger partial charge in [-0.05, 0) is 25.3 Å². The van der Waals surface area contributed by atoms with Crippen molar-refractivity contribution in [3.8, 4) is 0 Å². The summed E-state index contributed by atoms with van der Waals surface area (Å²) in [4.78, 5) is 10.3. The summed E-state index contributed by atoms with van der Waals surface area (Å²) < 4.78 is 5.61. The third-order valence-corrected chi connectivity index (χ3v) is 2.47. The molecule has 0 saturated heterocycles. The smallest absolute Gasteiger partial charge is 0.328 e. The van der Waals surface area contributed by atoms with Gasteiger partial charge in [-0.1, -0.05) is 19.3 Å². The van der Waals surface area contributed by atoms with E-state index in [1.54, 1.807) is 6.92 Å². The molecule has 1 saturated carbocycles. The Kier molecular flexibility index (Phi) is 4.66. The lowest BCUT2D eigenvalue weighted by Crippen LogP contribution is -2.17. The zero-order chi connectivity index (χ0) is 10.4. The number of aliphatic carboxylic acids is 1. The van der Waals surface area contributed by atoms with Crippen LogP contribution in [0.15, 0.2) is 11.6 Å². The molecule has 1 rings (SSSR count). The van der Waals surface area contributed by atoms with Crippen molar-refractivity contribution in [3.05, 3.63) is 11.6 Å². The number of hydrogen-bond donors (Lipinski definition) is 1. The van der Waals surface area contributed by atoms with Gasteiger partial charge in [-0.15, -0.1) is 0 Å². The molecule has 0 amide bonds. The lowest BCUT2D eigenvalue weighted by atomic mass is 9.98. The first-order chi connectivity index (χ1) is 6.68. The number of rotatable bonds is 4.